The monoisotopic (exact) mass is 307 g/mol. The zero-order chi connectivity index (χ0) is 15.8. The number of hydrogen-bond donors (Lipinski definition) is 1. The maximum Gasteiger partial charge on any atom is 0.206 e. The van der Waals surface area contributed by atoms with E-state index in [9.17, 15) is 0 Å². The number of hydrogen-bond acceptors (Lipinski definition) is 5. The van der Waals surface area contributed by atoms with Crippen LogP contribution in [-0.4, -0.2) is 20.0 Å². The molecule has 0 saturated heterocycles. The number of nitrogens with zero attached hydrogens (tertiary/aromatic N) is 4. The molecule has 1 atom stereocenters. The summed E-state index contributed by atoms with van der Waals surface area (Å²) in [5.41, 5.74) is 2.25. The van der Waals surface area contributed by atoms with Crippen LogP contribution < -0.4 is 5.32 Å². The van der Waals surface area contributed by atoms with Crippen molar-refractivity contribution in [2.45, 2.75) is 66.0 Å². The molecule has 2 heterocycles. The van der Waals surface area contributed by atoms with E-state index in [0.717, 1.165) is 15.8 Å². The number of nitrogens with one attached hydrogen (secondary N) is 1. The smallest absolute Gasteiger partial charge is 0.206 e. The Bertz CT molecular complexity index is 606. The van der Waals surface area contributed by atoms with Gasteiger partial charge < -0.3 is 5.32 Å². The number of rotatable bonds is 4. The Kier molecular flexibility index (Phi) is 4.37. The molecular weight excluding hydrogens is 282 g/mol. The minimum absolute atomic E-state index is 0.00369. The molecule has 2 rings (SSSR count). The minimum Gasteiger partial charge on any atom is -0.353 e. The van der Waals surface area contributed by atoms with Gasteiger partial charge >= 0.3 is 0 Å². The molecule has 0 fully saturated rings. The summed E-state index contributed by atoms with van der Waals surface area (Å²) < 4.78 is 2.02. The molecule has 1 N–H and O–H groups in total. The third-order valence-corrected chi connectivity index (χ3v) is 4.52. The minimum atomic E-state index is -0.00369. The summed E-state index contributed by atoms with van der Waals surface area (Å²) in [7, 11) is 0. The molecule has 2 aromatic heterocycles. The van der Waals surface area contributed by atoms with Crippen molar-refractivity contribution in [3.8, 4) is 0 Å². The normalized spacial score (nSPS) is 13.7. The largest absolute Gasteiger partial charge is 0.353 e. The van der Waals surface area contributed by atoms with Gasteiger partial charge in [-0.25, -0.2) is 0 Å². The number of aromatic nitrogens is 4. The summed E-state index contributed by atoms with van der Waals surface area (Å²) >= 11 is 1.62. The Labute approximate surface area is 130 Å². The molecule has 0 saturated carbocycles. The lowest BCUT2D eigenvalue weighted by molar-refractivity contribution is 0.354. The van der Waals surface area contributed by atoms with Crippen LogP contribution >= 0.6 is 11.3 Å². The lowest BCUT2D eigenvalue weighted by Gasteiger charge is -2.19. The van der Waals surface area contributed by atoms with E-state index >= 15 is 0 Å². The Morgan fingerprint density at radius 3 is 2.33 bits per heavy atom. The molecule has 2 aromatic rings. The fraction of sp³-hybridized carbons (Fsp3) is 0.667. The average Bonchev–Trinajstić information content (AvgIpc) is 2.94. The summed E-state index contributed by atoms with van der Waals surface area (Å²) in [4.78, 5) is 0. The first-order valence-corrected chi connectivity index (χ1v) is 8.16. The molecule has 21 heavy (non-hydrogen) atoms. The number of anilines is 1. The molecule has 0 aliphatic rings. The molecule has 0 aromatic carbocycles. The lowest BCUT2D eigenvalue weighted by Crippen LogP contribution is -2.22. The van der Waals surface area contributed by atoms with E-state index in [1.54, 1.807) is 11.3 Å². The SMILES string of the molecule is Cc1nn(C(C)(C)C)cc1C(C)Nc1nnc(C(C)C)s1. The van der Waals surface area contributed by atoms with Crippen LogP contribution in [0.2, 0.25) is 0 Å². The predicted octanol–water partition coefficient (Wildman–Crippen LogP) is 4.09. The molecule has 0 spiro atoms. The molecule has 0 aliphatic heterocycles. The topological polar surface area (TPSA) is 55.6 Å². The van der Waals surface area contributed by atoms with E-state index in [1.165, 1.54) is 5.56 Å². The van der Waals surface area contributed by atoms with Gasteiger partial charge in [-0.05, 0) is 34.6 Å². The van der Waals surface area contributed by atoms with Crippen LogP contribution in [0.3, 0.4) is 0 Å². The second kappa shape index (κ2) is 5.75. The molecule has 0 radical (unpaired) electrons. The Balaban J connectivity index is 2.16. The highest BCUT2D eigenvalue weighted by molar-refractivity contribution is 7.15. The number of aryl methyl sites for hydroxylation is 1. The molecule has 5 nitrogen and oxygen atoms in total. The van der Waals surface area contributed by atoms with Crippen LogP contribution in [0.1, 0.15) is 69.8 Å². The molecular formula is C15H25N5S. The second-order valence-electron chi connectivity index (χ2n) is 6.75. The predicted molar refractivity (Wildman–Crippen MR) is 88.0 cm³/mol. The summed E-state index contributed by atoms with van der Waals surface area (Å²) in [5, 5.41) is 18.4. The van der Waals surface area contributed by atoms with E-state index in [2.05, 4.69) is 75.3 Å². The first kappa shape index (κ1) is 15.9. The van der Waals surface area contributed by atoms with Crippen LogP contribution in [0.15, 0.2) is 6.20 Å². The highest BCUT2D eigenvalue weighted by Gasteiger charge is 2.20. The first-order chi connectivity index (χ1) is 9.68. The van der Waals surface area contributed by atoms with Crippen molar-refractivity contribution in [1.29, 1.82) is 0 Å². The molecule has 116 valence electrons. The standard InChI is InChI=1S/C15H25N5S/c1-9(2)13-17-18-14(21-13)16-10(3)12-8-20(15(5,6)7)19-11(12)4/h8-10H,1-7H3,(H,16,18). The van der Waals surface area contributed by atoms with Gasteiger partial charge in [-0.2, -0.15) is 5.10 Å². The Morgan fingerprint density at radius 2 is 1.86 bits per heavy atom. The third-order valence-electron chi connectivity index (χ3n) is 3.37. The van der Waals surface area contributed by atoms with Crippen molar-refractivity contribution in [3.63, 3.8) is 0 Å². The van der Waals surface area contributed by atoms with Gasteiger partial charge in [0.25, 0.3) is 0 Å². The van der Waals surface area contributed by atoms with Crippen LogP contribution in [-0.2, 0) is 5.54 Å². The van der Waals surface area contributed by atoms with Gasteiger partial charge in [0.15, 0.2) is 0 Å². The van der Waals surface area contributed by atoms with Gasteiger partial charge in [0.2, 0.25) is 5.13 Å². The van der Waals surface area contributed by atoms with Crippen molar-refractivity contribution in [2.75, 3.05) is 5.32 Å². The van der Waals surface area contributed by atoms with Crippen molar-refractivity contribution in [1.82, 2.24) is 20.0 Å². The van der Waals surface area contributed by atoms with Gasteiger partial charge in [0.1, 0.15) is 5.01 Å². The average molecular weight is 307 g/mol. The highest BCUT2D eigenvalue weighted by Crippen LogP contribution is 2.27. The quantitative estimate of drug-likeness (QED) is 0.924. The van der Waals surface area contributed by atoms with E-state index in [4.69, 9.17) is 0 Å². The fourth-order valence-corrected chi connectivity index (χ4v) is 2.86. The highest BCUT2D eigenvalue weighted by atomic mass is 32.1. The first-order valence-electron chi connectivity index (χ1n) is 7.35. The molecule has 6 heteroatoms. The molecule has 0 aliphatic carbocycles. The Hall–Kier alpha value is -1.43. The van der Waals surface area contributed by atoms with Gasteiger partial charge in [0, 0.05) is 17.7 Å². The summed E-state index contributed by atoms with van der Waals surface area (Å²) in [6, 6.07) is 0.161. The van der Waals surface area contributed by atoms with E-state index in [1.807, 2.05) is 4.68 Å². The van der Waals surface area contributed by atoms with Crippen LogP contribution in [0.25, 0.3) is 0 Å². The fourth-order valence-electron chi connectivity index (χ4n) is 2.03. The molecule has 0 amide bonds. The summed E-state index contributed by atoms with van der Waals surface area (Å²) in [6.45, 7) is 14.9. The third kappa shape index (κ3) is 3.61. The molecule has 0 bridgehead atoms. The van der Waals surface area contributed by atoms with Crippen LogP contribution in [0.5, 0.6) is 0 Å². The van der Waals surface area contributed by atoms with Crippen molar-refractivity contribution >= 4 is 16.5 Å². The van der Waals surface area contributed by atoms with Crippen molar-refractivity contribution in [3.05, 3.63) is 22.5 Å². The zero-order valence-corrected chi connectivity index (χ0v) is 14.7. The van der Waals surface area contributed by atoms with Crippen molar-refractivity contribution < 1.29 is 0 Å². The molecule has 1 unspecified atom stereocenters. The maximum absolute atomic E-state index is 4.62. The van der Waals surface area contributed by atoms with Crippen LogP contribution in [0, 0.1) is 6.92 Å². The van der Waals surface area contributed by atoms with E-state index in [-0.39, 0.29) is 11.6 Å². The van der Waals surface area contributed by atoms with E-state index in [0.29, 0.717) is 5.92 Å². The van der Waals surface area contributed by atoms with Gasteiger partial charge in [-0.3, -0.25) is 4.68 Å². The summed E-state index contributed by atoms with van der Waals surface area (Å²) in [5.74, 6) is 0.415. The van der Waals surface area contributed by atoms with Gasteiger partial charge in [0.05, 0.1) is 17.3 Å². The van der Waals surface area contributed by atoms with E-state index < -0.39 is 0 Å². The van der Waals surface area contributed by atoms with Crippen LogP contribution in [0.4, 0.5) is 5.13 Å². The summed E-state index contributed by atoms with van der Waals surface area (Å²) in [6.07, 6.45) is 2.12. The van der Waals surface area contributed by atoms with Crippen molar-refractivity contribution in [2.24, 2.45) is 0 Å². The maximum atomic E-state index is 4.62. The zero-order valence-electron chi connectivity index (χ0n) is 13.9. The second-order valence-corrected chi connectivity index (χ2v) is 7.76. The van der Waals surface area contributed by atoms with Gasteiger partial charge in [-0.1, -0.05) is 25.2 Å². The lowest BCUT2D eigenvalue weighted by atomic mass is 10.1. The Morgan fingerprint density at radius 1 is 1.19 bits per heavy atom. The van der Waals surface area contributed by atoms with Gasteiger partial charge in [-0.15, -0.1) is 10.2 Å².